The summed E-state index contributed by atoms with van der Waals surface area (Å²) in [5, 5.41) is 13.1. The molecule has 0 spiro atoms. The number of carbonyl (C=O) groups is 1. The van der Waals surface area contributed by atoms with Crippen molar-refractivity contribution in [2.75, 3.05) is 6.54 Å². The Morgan fingerprint density at radius 2 is 2.11 bits per heavy atom. The quantitative estimate of drug-likeness (QED) is 0.838. The van der Waals surface area contributed by atoms with Crippen molar-refractivity contribution in [2.24, 2.45) is 4.99 Å². The van der Waals surface area contributed by atoms with E-state index in [9.17, 15) is 4.79 Å². The smallest absolute Gasteiger partial charge is 0.252 e. The van der Waals surface area contributed by atoms with E-state index in [0.717, 1.165) is 61.2 Å². The van der Waals surface area contributed by atoms with Crippen LogP contribution in [0.3, 0.4) is 0 Å². The molecule has 1 aromatic heterocycles. The number of hydrogen-bond acceptors (Lipinski definition) is 5. The molecule has 27 heavy (non-hydrogen) atoms. The Morgan fingerprint density at radius 3 is 2.93 bits per heavy atom. The molecule has 4 rings (SSSR count). The van der Waals surface area contributed by atoms with Crippen molar-refractivity contribution in [2.45, 2.75) is 52.0 Å². The third-order valence-electron chi connectivity index (χ3n) is 5.23. The summed E-state index contributed by atoms with van der Waals surface area (Å²) in [5.74, 6) is 0.683. The van der Waals surface area contributed by atoms with Crippen molar-refractivity contribution >= 4 is 12.1 Å². The summed E-state index contributed by atoms with van der Waals surface area (Å²) in [4.78, 5) is 21.0. The van der Waals surface area contributed by atoms with E-state index >= 15 is 0 Å². The Hall–Kier alpha value is -2.83. The first-order valence-corrected chi connectivity index (χ1v) is 9.53. The van der Waals surface area contributed by atoms with Crippen LogP contribution >= 0.6 is 0 Å². The maximum atomic E-state index is 13.2. The largest absolute Gasteiger partial charge is 0.328 e. The van der Waals surface area contributed by atoms with E-state index in [4.69, 9.17) is 0 Å². The van der Waals surface area contributed by atoms with E-state index in [1.54, 1.807) is 4.80 Å². The third kappa shape index (κ3) is 3.54. The Bertz CT molecular complexity index is 913. The normalized spacial score (nSPS) is 20.2. The summed E-state index contributed by atoms with van der Waals surface area (Å²) >= 11 is 0. The molecule has 0 bridgehead atoms. The van der Waals surface area contributed by atoms with Gasteiger partial charge < -0.3 is 4.90 Å². The average molecular weight is 364 g/mol. The van der Waals surface area contributed by atoms with Gasteiger partial charge >= 0.3 is 0 Å². The van der Waals surface area contributed by atoms with E-state index < -0.39 is 0 Å². The van der Waals surface area contributed by atoms with E-state index in [1.807, 2.05) is 49.2 Å². The second-order valence-corrected chi connectivity index (χ2v) is 7.20. The zero-order valence-corrected chi connectivity index (χ0v) is 15.8. The predicted molar refractivity (Wildman–Crippen MR) is 103 cm³/mol. The zero-order chi connectivity index (χ0) is 18.8. The van der Waals surface area contributed by atoms with Gasteiger partial charge in [-0.05, 0) is 68.9 Å². The number of hydrogen-bond donors (Lipinski definition) is 0. The monoisotopic (exact) mass is 364 g/mol. The van der Waals surface area contributed by atoms with E-state index in [0.29, 0.717) is 5.82 Å². The molecule has 0 radical (unpaired) electrons. The molecule has 1 aromatic carbocycles. The number of amides is 1. The van der Waals surface area contributed by atoms with E-state index in [2.05, 4.69) is 20.4 Å². The van der Waals surface area contributed by atoms with Gasteiger partial charge in [0.25, 0.3) is 5.91 Å². The van der Waals surface area contributed by atoms with Gasteiger partial charge in [-0.25, -0.2) is 0 Å². The molecule has 2 aliphatic rings. The molecule has 7 heteroatoms. The first-order chi connectivity index (χ1) is 13.1. The van der Waals surface area contributed by atoms with Crippen LogP contribution in [0, 0.1) is 6.92 Å². The lowest BCUT2D eigenvalue weighted by Crippen LogP contribution is -2.40. The molecule has 7 nitrogen and oxygen atoms in total. The molecule has 3 heterocycles. The average Bonchev–Trinajstić information content (AvgIpc) is 3.18. The highest BCUT2D eigenvalue weighted by Gasteiger charge is 2.33. The van der Waals surface area contributed by atoms with Gasteiger partial charge in [-0.15, -0.1) is 15.0 Å². The maximum Gasteiger partial charge on any atom is 0.252 e. The van der Waals surface area contributed by atoms with Gasteiger partial charge in [-0.2, -0.15) is 0 Å². The third-order valence-corrected chi connectivity index (χ3v) is 5.23. The SMILES string of the molecule is CC1=C(C(=O)N2CCCCC2c2nnn(-c3cccc(C)c3)n2)CCC=N1. The maximum absolute atomic E-state index is 13.2. The number of piperidine rings is 1. The van der Waals surface area contributed by atoms with Crippen molar-refractivity contribution in [1.29, 1.82) is 0 Å². The summed E-state index contributed by atoms with van der Waals surface area (Å²) in [6.45, 7) is 4.67. The van der Waals surface area contributed by atoms with Gasteiger partial charge in [-0.1, -0.05) is 12.1 Å². The topological polar surface area (TPSA) is 76.3 Å². The minimum absolute atomic E-state index is 0.0703. The molecule has 1 amide bonds. The molecule has 2 aromatic rings. The van der Waals surface area contributed by atoms with Crippen molar-refractivity contribution in [3.05, 3.63) is 46.9 Å². The molecule has 140 valence electrons. The van der Waals surface area contributed by atoms with Crippen LogP contribution < -0.4 is 0 Å². The fourth-order valence-electron chi connectivity index (χ4n) is 3.77. The Kier molecular flexibility index (Phi) is 4.83. The lowest BCUT2D eigenvalue weighted by Gasteiger charge is -2.35. The Labute approximate surface area is 158 Å². The van der Waals surface area contributed by atoms with Gasteiger partial charge in [0.2, 0.25) is 0 Å². The van der Waals surface area contributed by atoms with Crippen LogP contribution in [0.15, 0.2) is 40.5 Å². The van der Waals surface area contributed by atoms with Crippen molar-refractivity contribution in [3.63, 3.8) is 0 Å². The lowest BCUT2D eigenvalue weighted by atomic mass is 9.98. The van der Waals surface area contributed by atoms with Crippen LogP contribution in [0.4, 0.5) is 0 Å². The number of allylic oxidation sites excluding steroid dienone is 1. The Balaban J connectivity index is 1.62. The number of aliphatic imine (C=N–C) groups is 1. The molecule has 1 fully saturated rings. The fraction of sp³-hybridized carbons (Fsp3) is 0.450. The molecule has 0 saturated carbocycles. The van der Waals surface area contributed by atoms with Gasteiger partial charge in [0.05, 0.1) is 11.7 Å². The van der Waals surface area contributed by atoms with Gasteiger partial charge in [0.1, 0.15) is 0 Å². The van der Waals surface area contributed by atoms with Gasteiger partial charge in [-0.3, -0.25) is 9.79 Å². The number of rotatable bonds is 3. The summed E-state index contributed by atoms with van der Waals surface area (Å²) < 4.78 is 0. The second-order valence-electron chi connectivity index (χ2n) is 7.20. The minimum Gasteiger partial charge on any atom is -0.328 e. The fourth-order valence-corrected chi connectivity index (χ4v) is 3.77. The number of benzene rings is 1. The van der Waals surface area contributed by atoms with Crippen LogP contribution in [-0.2, 0) is 4.79 Å². The molecule has 0 aliphatic carbocycles. The molecule has 0 N–H and O–H groups in total. The van der Waals surface area contributed by atoms with Crippen molar-refractivity contribution in [3.8, 4) is 5.69 Å². The van der Waals surface area contributed by atoms with Crippen LogP contribution in [0.5, 0.6) is 0 Å². The molecular weight excluding hydrogens is 340 g/mol. The van der Waals surface area contributed by atoms with Crippen LogP contribution in [0.25, 0.3) is 5.69 Å². The lowest BCUT2D eigenvalue weighted by molar-refractivity contribution is -0.131. The summed E-state index contributed by atoms with van der Waals surface area (Å²) in [6.07, 6.45) is 6.38. The summed E-state index contributed by atoms with van der Waals surface area (Å²) in [5.41, 5.74) is 3.66. The molecule has 1 atom stereocenters. The number of nitrogens with zero attached hydrogens (tertiary/aromatic N) is 6. The number of carbonyl (C=O) groups excluding carboxylic acids is 1. The molecule has 2 aliphatic heterocycles. The van der Waals surface area contributed by atoms with Crippen molar-refractivity contribution < 1.29 is 4.79 Å². The number of aromatic nitrogens is 4. The number of tetrazole rings is 1. The first-order valence-electron chi connectivity index (χ1n) is 9.53. The van der Waals surface area contributed by atoms with Crippen LogP contribution in [0.2, 0.25) is 0 Å². The van der Waals surface area contributed by atoms with Gasteiger partial charge in [0, 0.05) is 24.0 Å². The van der Waals surface area contributed by atoms with Crippen molar-refractivity contribution in [1.82, 2.24) is 25.1 Å². The highest BCUT2D eigenvalue weighted by Crippen LogP contribution is 2.32. The summed E-state index contributed by atoms with van der Waals surface area (Å²) in [7, 11) is 0. The molecule has 1 unspecified atom stereocenters. The second kappa shape index (κ2) is 7.42. The summed E-state index contributed by atoms with van der Waals surface area (Å²) in [6, 6.07) is 7.85. The highest BCUT2D eigenvalue weighted by molar-refractivity contribution is 5.95. The molecule has 1 saturated heterocycles. The number of aryl methyl sites for hydroxylation is 1. The predicted octanol–water partition coefficient (Wildman–Crippen LogP) is 3.16. The van der Waals surface area contributed by atoms with E-state index in [-0.39, 0.29) is 11.9 Å². The number of likely N-dealkylation sites (tertiary alicyclic amines) is 1. The highest BCUT2D eigenvalue weighted by atomic mass is 16.2. The van der Waals surface area contributed by atoms with Crippen LogP contribution in [-0.4, -0.2) is 43.8 Å². The molecular formula is C20H24N6O. The zero-order valence-electron chi connectivity index (χ0n) is 15.8. The minimum atomic E-state index is -0.129. The van der Waals surface area contributed by atoms with Crippen LogP contribution in [0.1, 0.15) is 56.5 Å². The standard InChI is InChI=1S/C20H24N6O/c1-14-7-5-8-16(13-14)26-23-19(22-24-26)18-10-3-4-12-25(18)20(27)17-9-6-11-21-15(17)2/h5,7-8,11,13,18H,3-4,6,9-10,12H2,1-2H3. The van der Waals surface area contributed by atoms with E-state index in [1.165, 1.54) is 0 Å². The Morgan fingerprint density at radius 1 is 1.22 bits per heavy atom. The van der Waals surface area contributed by atoms with Gasteiger partial charge in [0.15, 0.2) is 5.82 Å². The first kappa shape index (κ1) is 17.6.